The molecule has 1 heterocycles. The van der Waals surface area contributed by atoms with Crippen LogP contribution < -0.4 is 0 Å². The minimum atomic E-state index is -5.58. The zero-order valence-corrected chi connectivity index (χ0v) is 14.4. The fourth-order valence-electron chi connectivity index (χ4n) is 1.53. The predicted molar refractivity (Wildman–Crippen MR) is 83.8 cm³/mol. The van der Waals surface area contributed by atoms with Crippen molar-refractivity contribution in [3.63, 3.8) is 0 Å². The molecule has 1 unspecified atom stereocenters. The first-order valence-corrected chi connectivity index (χ1v) is 10.2. The van der Waals surface area contributed by atoms with Crippen molar-refractivity contribution in [2.45, 2.75) is 11.9 Å². The van der Waals surface area contributed by atoms with Gasteiger partial charge in [0.25, 0.3) is 0 Å². The van der Waals surface area contributed by atoms with Crippen LogP contribution in [0.25, 0.3) is 0 Å². The van der Waals surface area contributed by atoms with Crippen LogP contribution >= 0.6 is 38.5 Å². The van der Waals surface area contributed by atoms with Gasteiger partial charge in [-0.15, -0.1) is 11.8 Å². The third-order valence-corrected chi connectivity index (χ3v) is 8.13. The van der Waals surface area contributed by atoms with Crippen molar-refractivity contribution in [2.75, 3.05) is 11.5 Å². The first-order valence-electron chi connectivity index (χ1n) is 5.68. The molecule has 2 rings (SSSR count). The summed E-state index contributed by atoms with van der Waals surface area (Å²) in [4.78, 5) is 0. The van der Waals surface area contributed by atoms with Crippen molar-refractivity contribution >= 4 is 52.8 Å². The third-order valence-electron chi connectivity index (χ3n) is 2.45. The highest BCUT2D eigenvalue weighted by molar-refractivity contribution is 9.10. The largest absolute Gasteiger partial charge is 0.524 e. The Morgan fingerprint density at radius 1 is 1.24 bits per heavy atom. The van der Waals surface area contributed by atoms with E-state index in [0.717, 1.165) is 10.2 Å². The van der Waals surface area contributed by atoms with Gasteiger partial charge in [-0.3, -0.25) is 0 Å². The minimum absolute atomic E-state index is 0.272. The molecule has 21 heavy (non-hydrogen) atoms. The van der Waals surface area contributed by atoms with Gasteiger partial charge >= 0.3 is 15.6 Å². The predicted octanol–water partition coefficient (Wildman–Crippen LogP) is 4.11. The number of halogens is 4. The molecule has 0 aliphatic carbocycles. The third kappa shape index (κ3) is 4.25. The fourth-order valence-corrected chi connectivity index (χ4v) is 6.71. The van der Waals surface area contributed by atoms with Crippen molar-refractivity contribution in [3.05, 3.63) is 34.3 Å². The monoisotopic (exact) mass is 422 g/mol. The van der Waals surface area contributed by atoms with Gasteiger partial charge in [0, 0.05) is 10.2 Å². The summed E-state index contributed by atoms with van der Waals surface area (Å²) in [5, 5.41) is 0. The lowest BCUT2D eigenvalue weighted by Crippen LogP contribution is -2.25. The molecule has 1 aromatic carbocycles. The van der Waals surface area contributed by atoms with Crippen molar-refractivity contribution in [3.8, 4) is 0 Å². The second-order valence-electron chi connectivity index (χ2n) is 4.01. The van der Waals surface area contributed by atoms with Gasteiger partial charge in [-0.25, -0.2) is 0 Å². The van der Waals surface area contributed by atoms with Gasteiger partial charge in [-0.1, -0.05) is 28.1 Å². The van der Waals surface area contributed by atoms with E-state index in [1.54, 1.807) is 24.3 Å². The van der Waals surface area contributed by atoms with Crippen LogP contribution in [0, 0.1) is 0 Å². The average Bonchev–Trinajstić information content (AvgIpc) is 2.39. The molecule has 0 amide bonds. The van der Waals surface area contributed by atoms with Crippen LogP contribution in [0.2, 0.25) is 0 Å². The Labute approximate surface area is 135 Å². The molecule has 0 saturated heterocycles. The van der Waals surface area contributed by atoms with Crippen molar-refractivity contribution in [2.24, 2.45) is 0 Å². The highest BCUT2D eigenvalue weighted by atomic mass is 79.9. The van der Waals surface area contributed by atoms with E-state index in [4.69, 9.17) is 0 Å². The summed E-state index contributed by atoms with van der Waals surface area (Å²) < 4.78 is 65.5. The molecule has 10 heteroatoms. The van der Waals surface area contributed by atoms with E-state index in [-0.39, 0.29) is 5.75 Å². The van der Waals surface area contributed by atoms with Crippen molar-refractivity contribution < 1.29 is 25.2 Å². The number of hydrogen-bond donors (Lipinski definition) is 0. The number of thioether (sulfide) groups is 1. The maximum absolute atomic E-state index is 12.4. The summed E-state index contributed by atoms with van der Waals surface area (Å²) in [5.41, 5.74) is -4.71. The maximum Gasteiger partial charge on any atom is 0.524 e. The molecule has 0 aromatic heterocycles. The zero-order valence-electron chi connectivity index (χ0n) is 10.4. The smallest absolute Gasteiger partial charge is 0.198 e. The second-order valence-corrected chi connectivity index (χ2v) is 9.72. The lowest BCUT2D eigenvalue weighted by molar-refractivity contribution is -0.0494. The standard InChI is InChI=1S/C11H10BrF3O3S3/c12-9-4-2-8(3-5-9)10-19-6-1-7-20(10)18-21(16,17)11(13,14)15/h2-5H,1,6-7H2. The highest BCUT2D eigenvalue weighted by Gasteiger charge is 2.48. The molecule has 0 radical (unpaired) electrons. The minimum Gasteiger partial charge on any atom is -0.198 e. The van der Waals surface area contributed by atoms with Gasteiger partial charge < -0.3 is 0 Å². The summed E-state index contributed by atoms with van der Waals surface area (Å²) in [6, 6.07) is 6.94. The van der Waals surface area contributed by atoms with E-state index in [1.165, 1.54) is 11.8 Å². The van der Waals surface area contributed by atoms with E-state index in [9.17, 15) is 21.6 Å². The number of alkyl halides is 3. The Kier molecular flexibility index (Phi) is 5.45. The lowest BCUT2D eigenvalue weighted by atomic mass is 10.2. The molecule has 0 N–H and O–H groups in total. The lowest BCUT2D eigenvalue weighted by Gasteiger charge is -2.21. The van der Waals surface area contributed by atoms with Gasteiger partial charge in [0.1, 0.15) is 0 Å². The first-order chi connectivity index (χ1) is 9.71. The molecule has 1 aliphatic rings. The fraction of sp³-hybridized carbons (Fsp3) is 0.364. The molecule has 0 bridgehead atoms. The quantitative estimate of drug-likeness (QED) is 0.542. The van der Waals surface area contributed by atoms with Gasteiger partial charge in [0.15, 0.2) is 0 Å². The summed E-state index contributed by atoms with van der Waals surface area (Å²) in [6.45, 7) is 0. The molecule has 0 spiro atoms. The summed E-state index contributed by atoms with van der Waals surface area (Å²) >= 11 is 4.61. The number of rotatable bonds is 3. The zero-order chi connectivity index (χ0) is 15.7. The topological polar surface area (TPSA) is 43.4 Å². The molecule has 3 nitrogen and oxygen atoms in total. The van der Waals surface area contributed by atoms with Crippen LogP contribution in [0.1, 0.15) is 12.0 Å². The molecule has 118 valence electrons. The molecular weight excluding hydrogens is 413 g/mol. The Bertz CT molecular complexity index is 654. The SMILES string of the molecule is O=S(=O)(OS1=C(c2ccc(Br)cc2)SCCC1)C(F)(F)F. The van der Waals surface area contributed by atoms with E-state index in [2.05, 4.69) is 19.6 Å². The van der Waals surface area contributed by atoms with Crippen LogP contribution in [-0.4, -0.2) is 29.6 Å². The molecule has 1 atom stereocenters. The summed E-state index contributed by atoms with van der Waals surface area (Å²) in [6.07, 6.45) is 0.612. The average molecular weight is 423 g/mol. The highest BCUT2D eigenvalue weighted by Crippen LogP contribution is 2.38. The van der Waals surface area contributed by atoms with Crippen LogP contribution in [0.15, 0.2) is 28.7 Å². The molecular formula is C11H10BrF3O3S3. The maximum atomic E-state index is 12.4. The van der Waals surface area contributed by atoms with E-state index < -0.39 is 26.4 Å². The van der Waals surface area contributed by atoms with E-state index in [1.807, 2.05) is 0 Å². The molecule has 1 aromatic rings. The molecule has 1 aliphatic heterocycles. The van der Waals surface area contributed by atoms with Gasteiger partial charge in [0.05, 0.1) is 4.20 Å². The van der Waals surface area contributed by atoms with E-state index in [0.29, 0.717) is 16.2 Å². The van der Waals surface area contributed by atoms with Crippen molar-refractivity contribution in [1.82, 2.24) is 0 Å². The number of benzene rings is 1. The second kappa shape index (κ2) is 6.61. The normalized spacial score (nSPS) is 20.6. The Morgan fingerprint density at radius 3 is 2.43 bits per heavy atom. The van der Waals surface area contributed by atoms with E-state index >= 15 is 0 Å². The van der Waals surface area contributed by atoms with Gasteiger partial charge in [-0.2, -0.15) is 25.2 Å². The Morgan fingerprint density at radius 2 is 1.86 bits per heavy atom. The van der Waals surface area contributed by atoms with Crippen LogP contribution in [-0.2, 0) is 13.7 Å². The van der Waals surface area contributed by atoms with Crippen LogP contribution in [0.4, 0.5) is 13.2 Å². The van der Waals surface area contributed by atoms with Gasteiger partial charge in [-0.05, 0) is 40.6 Å². The Hall–Kier alpha value is -0.0300. The summed E-state index contributed by atoms with van der Waals surface area (Å²) in [5.74, 6) is 0.998. The van der Waals surface area contributed by atoms with Gasteiger partial charge in [0.2, 0.25) is 0 Å². The van der Waals surface area contributed by atoms with Crippen LogP contribution in [0.3, 0.4) is 0 Å². The molecule has 0 saturated carbocycles. The first kappa shape index (κ1) is 17.3. The van der Waals surface area contributed by atoms with Crippen molar-refractivity contribution in [1.29, 1.82) is 0 Å². The molecule has 0 fully saturated rings. The Balaban J connectivity index is 2.39. The van der Waals surface area contributed by atoms with Crippen LogP contribution in [0.5, 0.6) is 0 Å². The number of hydrogen-bond acceptors (Lipinski definition) is 4. The summed E-state index contributed by atoms with van der Waals surface area (Å²) in [7, 11) is -6.98.